The lowest BCUT2D eigenvalue weighted by Crippen LogP contribution is -2.28. The molecule has 0 bridgehead atoms. The van der Waals surface area contributed by atoms with Gasteiger partial charge < -0.3 is 19.0 Å². The molecule has 202 valence electrons. The number of carbonyl (C=O) groups excluding carboxylic acids is 2. The number of para-hydroxylation sites is 2. The number of imidazole rings is 1. The minimum absolute atomic E-state index is 0. The van der Waals surface area contributed by atoms with Crippen molar-refractivity contribution in [3.63, 3.8) is 0 Å². The number of aromatic nitrogens is 2. The van der Waals surface area contributed by atoms with Crippen molar-refractivity contribution >= 4 is 39.8 Å². The molecule has 1 aromatic heterocycles. The molecule has 8 heteroatoms. The molecule has 3 aromatic rings. The fraction of sp³-hybridized carbons (Fsp3) is 0.483. The highest BCUT2D eigenvalue weighted by Gasteiger charge is 2.28. The summed E-state index contributed by atoms with van der Waals surface area (Å²) in [6.45, 7) is 14.7. The van der Waals surface area contributed by atoms with Gasteiger partial charge >= 0.3 is 5.97 Å². The summed E-state index contributed by atoms with van der Waals surface area (Å²) in [6.07, 6.45) is 0.816. The van der Waals surface area contributed by atoms with Gasteiger partial charge in [0.15, 0.2) is 5.78 Å². The van der Waals surface area contributed by atoms with Crippen LogP contribution in [0.25, 0.3) is 11.0 Å². The summed E-state index contributed by atoms with van der Waals surface area (Å²) in [7, 11) is 0. The summed E-state index contributed by atoms with van der Waals surface area (Å²) in [5.74, 6) is -0.141. The van der Waals surface area contributed by atoms with Gasteiger partial charge in [-0.25, -0.2) is 0 Å². The molecule has 0 saturated heterocycles. The Hall–Kier alpha value is -2.87. The Morgan fingerprint density at radius 3 is 1.95 bits per heavy atom. The Balaban J connectivity index is 0.00000481. The third kappa shape index (κ3) is 6.72. The van der Waals surface area contributed by atoms with Crippen LogP contribution in [0.4, 0.5) is 0 Å². The fourth-order valence-electron chi connectivity index (χ4n) is 4.47. The Bertz CT molecular complexity index is 1300. The van der Waals surface area contributed by atoms with Crippen LogP contribution >= 0.6 is 17.0 Å². The quantitative estimate of drug-likeness (QED) is 0.254. The number of aromatic hydroxyl groups is 1. The van der Waals surface area contributed by atoms with E-state index in [4.69, 9.17) is 10.1 Å². The molecule has 2 aromatic carbocycles. The maximum Gasteiger partial charge on any atom is 0.305 e. The van der Waals surface area contributed by atoms with Gasteiger partial charge in [-0.15, -0.1) is 17.0 Å². The first-order valence-electron chi connectivity index (χ1n) is 12.5. The number of hydrogen-bond donors (Lipinski definition) is 2. The first kappa shape index (κ1) is 30.4. The molecule has 0 amide bonds. The van der Waals surface area contributed by atoms with Crippen LogP contribution in [-0.4, -0.2) is 32.6 Å². The van der Waals surface area contributed by atoms with E-state index in [1.54, 1.807) is 23.6 Å². The van der Waals surface area contributed by atoms with E-state index < -0.39 is 0 Å². The van der Waals surface area contributed by atoms with E-state index >= 15 is 0 Å². The molecule has 0 spiro atoms. The molecule has 0 aliphatic carbocycles. The van der Waals surface area contributed by atoms with Crippen molar-refractivity contribution in [1.82, 2.24) is 9.13 Å². The molecule has 2 N–H and O–H groups in total. The second-order valence-corrected chi connectivity index (χ2v) is 11.3. The SMILES string of the molecule is Br.CCOC(=O)CCCn1c(=N)n(CC(=O)c2cc(C(C)(C)C)c(O)c(C(C)(C)C)c2)c2ccccc21. The van der Waals surface area contributed by atoms with Crippen molar-refractivity contribution in [1.29, 1.82) is 5.41 Å². The molecule has 7 nitrogen and oxygen atoms in total. The van der Waals surface area contributed by atoms with Crippen LogP contribution in [0.5, 0.6) is 5.75 Å². The van der Waals surface area contributed by atoms with E-state index in [-0.39, 0.29) is 63.9 Å². The number of rotatable bonds is 8. The van der Waals surface area contributed by atoms with E-state index in [2.05, 4.69) is 0 Å². The average molecular weight is 575 g/mol. The van der Waals surface area contributed by atoms with Gasteiger partial charge in [-0.3, -0.25) is 15.0 Å². The Morgan fingerprint density at radius 2 is 1.46 bits per heavy atom. The Labute approximate surface area is 229 Å². The Kier molecular flexibility index (Phi) is 9.58. The normalized spacial score (nSPS) is 11.9. The number of phenolic OH excluding ortho intramolecular Hbond substituents is 1. The molecule has 0 aliphatic heterocycles. The molecule has 0 fully saturated rings. The molecule has 1 heterocycles. The van der Waals surface area contributed by atoms with Gasteiger partial charge in [0.2, 0.25) is 5.62 Å². The fourth-order valence-corrected chi connectivity index (χ4v) is 4.47. The van der Waals surface area contributed by atoms with Crippen LogP contribution in [0.3, 0.4) is 0 Å². The second-order valence-electron chi connectivity index (χ2n) is 11.3. The lowest BCUT2D eigenvalue weighted by Gasteiger charge is -2.28. The average Bonchev–Trinajstić information content (AvgIpc) is 3.03. The molecule has 3 rings (SSSR count). The first-order valence-corrected chi connectivity index (χ1v) is 12.5. The highest BCUT2D eigenvalue weighted by Crippen LogP contribution is 2.40. The number of ether oxygens (including phenoxy) is 1. The number of nitrogens with one attached hydrogen (secondary N) is 1. The van der Waals surface area contributed by atoms with Crippen LogP contribution < -0.4 is 5.62 Å². The number of aryl methyl sites for hydroxylation is 1. The number of esters is 1. The molecule has 0 radical (unpaired) electrons. The van der Waals surface area contributed by atoms with Crippen molar-refractivity contribution in [2.75, 3.05) is 6.61 Å². The minimum Gasteiger partial charge on any atom is -0.507 e. The van der Waals surface area contributed by atoms with Crippen molar-refractivity contribution in [3.05, 3.63) is 58.7 Å². The number of Topliss-reactive ketones (excluding diaryl/α,β-unsaturated/α-hetero) is 1. The Morgan fingerprint density at radius 1 is 0.946 bits per heavy atom. The predicted molar refractivity (Wildman–Crippen MR) is 152 cm³/mol. The third-order valence-electron chi connectivity index (χ3n) is 6.39. The second kappa shape index (κ2) is 11.7. The van der Waals surface area contributed by atoms with E-state index in [0.717, 1.165) is 22.2 Å². The van der Waals surface area contributed by atoms with Gasteiger partial charge in [-0.2, -0.15) is 0 Å². The summed E-state index contributed by atoms with van der Waals surface area (Å²) in [5.41, 5.74) is 3.14. The smallest absolute Gasteiger partial charge is 0.305 e. The minimum atomic E-state index is -0.344. The number of ketones is 1. The summed E-state index contributed by atoms with van der Waals surface area (Å²) >= 11 is 0. The number of nitrogens with zero attached hydrogens (tertiary/aromatic N) is 2. The third-order valence-corrected chi connectivity index (χ3v) is 6.39. The molecular weight excluding hydrogens is 534 g/mol. The van der Waals surface area contributed by atoms with Crippen molar-refractivity contribution in [3.8, 4) is 5.75 Å². The predicted octanol–water partition coefficient (Wildman–Crippen LogP) is 6.03. The highest BCUT2D eigenvalue weighted by molar-refractivity contribution is 8.93. The van der Waals surface area contributed by atoms with E-state index in [0.29, 0.717) is 25.1 Å². The summed E-state index contributed by atoms with van der Waals surface area (Å²) in [4.78, 5) is 25.4. The number of halogens is 1. The van der Waals surface area contributed by atoms with Gasteiger partial charge in [0.1, 0.15) is 5.75 Å². The topological polar surface area (TPSA) is 97.3 Å². The van der Waals surface area contributed by atoms with Gasteiger partial charge in [0.25, 0.3) is 0 Å². The zero-order chi connectivity index (χ0) is 26.8. The highest BCUT2D eigenvalue weighted by atomic mass is 79.9. The molecular formula is C29H40BrN3O4. The van der Waals surface area contributed by atoms with Crippen LogP contribution in [-0.2, 0) is 33.5 Å². The maximum absolute atomic E-state index is 13.6. The van der Waals surface area contributed by atoms with Gasteiger partial charge in [-0.05, 0) is 48.4 Å². The van der Waals surface area contributed by atoms with Crippen molar-refractivity contribution in [2.45, 2.75) is 85.2 Å². The first-order chi connectivity index (χ1) is 16.8. The number of carbonyl (C=O) groups is 2. The zero-order valence-electron chi connectivity index (χ0n) is 23.0. The monoisotopic (exact) mass is 573 g/mol. The van der Waals surface area contributed by atoms with Crippen LogP contribution in [0.15, 0.2) is 36.4 Å². The largest absolute Gasteiger partial charge is 0.507 e. The summed E-state index contributed by atoms with van der Waals surface area (Å²) in [5, 5.41) is 19.8. The van der Waals surface area contributed by atoms with Gasteiger partial charge in [0.05, 0.1) is 24.2 Å². The molecule has 0 unspecified atom stereocenters. The molecule has 0 saturated carbocycles. The molecule has 0 aliphatic rings. The number of benzene rings is 2. The maximum atomic E-state index is 13.6. The lowest BCUT2D eigenvalue weighted by molar-refractivity contribution is -0.143. The van der Waals surface area contributed by atoms with Crippen LogP contribution in [0.1, 0.15) is 82.8 Å². The van der Waals surface area contributed by atoms with E-state index in [1.165, 1.54) is 0 Å². The zero-order valence-corrected chi connectivity index (χ0v) is 24.7. The molecule has 37 heavy (non-hydrogen) atoms. The standard InChI is InChI=1S/C29H39N3O4.BrH/c1-8-36-25(34)14-11-15-31-22-12-9-10-13-23(22)32(27(31)30)18-24(33)19-16-20(28(2,3)4)26(35)21(17-19)29(5,6)7;/h9-10,12-13,16-17,30,35H,8,11,14-15,18H2,1-7H3;1H. The number of fused-ring (bicyclic) bond motifs is 1. The van der Waals surface area contributed by atoms with E-state index in [9.17, 15) is 14.7 Å². The van der Waals surface area contributed by atoms with Crippen LogP contribution in [0, 0.1) is 5.41 Å². The van der Waals surface area contributed by atoms with E-state index in [1.807, 2.05) is 70.4 Å². The van der Waals surface area contributed by atoms with Gasteiger partial charge in [-0.1, -0.05) is 53.7 Å². The van der Waals surface area contributed by atoms with Gasteiger partial charge in [0, 0.05) is 29.7 Å². The number of phenols is 1. The lowest BCUT2D eigenvalue weighted by atomic mass is 9.78. The van der Waals surface area contributed by atoms with Crippen molar-refractivity contribution in [2.24, 2.45) is 0 Å². The van der Waals surface area contributed by atoms with Crippen molar-refractivity contribution < 1.29 is 19.4 Å². The summed E-state index contributed by atoms with van der Waals surface area (Å²) < 4.78 is 8.56. The van der Waals surface area contributed by atoms with Crippen LogP contribution in [0.2, 0.25) is 0 Å². The number of hydrogen-bond acceptors (Lipinski definition) is 5. The molecule has 0 atom stereocenters. The summed E-state index contributed by atoms with van der Waals surface area (Å²) in [6, 6.07) is 11.2.